The number of nitrogens with zero attached hydrogens (tertiary/aromatic N) is 1. The lowest BCUT2D eigenvalue weighted by molar-refractivity contribution is 1.19. The predicted octanol–water partition coefficient (Wildman–Crippen LogP) is 4.60. The van der Waals surface area contributed by atoms with Gasteiger partial charge in [-0.3, -0.25) is 0 Å². The minimum absolute atomic E-state index is 0.754. The number of nitriles is 1. The van der Waals surface area contributed by atoms with E-state index in [9.17, 15) is 0 Å². The maximum absolute atomic E-state index is 8.74. The largest absolute Gasteiger partial charge is 0.380 e. The lowest BCUT2D eigenvalue weighted by Crippen LogP contribution is -1.97. The molecular weight excluding hydrogens is 411 g/mol. The van der Waals surface area contributed by atoms with Crippen LogP contribution in [-0.4, -0.2) is 0 Å². The summed E-state index contributed by atoms with van der Waals surface area (Å²) in [6.45, 7) is 0.754. The van der Waals surface area contributed by atoms with Crippen LogP contribution < -0.4 is 5.32 Å². The standard InChI is InChI=1S/C12H8BrIN2S/c13-11-4-1-8(5-12(11)14)16-7-10-3-2-9(6-15)17-10/h1-5,16H,7H2. The average Bonchev–Trinajstić information content (AvgIpc) is 2.79. The zero-order valence-corrected chi connectivity index (χ0v) is 13.3. The molecule has 0 amide bonds. The quantitative estimate of drug-likeness (QED) is 0.739. The third-order valence-electron chi connectivity index (χ3n) is 2.16. The second-order valence-electron chi connectivity index (χ2n) is 3.36. The van der Waals surface area contributed by atoms with Gasteiger partial charge in [0, 0.05) is 25.2 Å². The molecule has 2 rings (SSSR count). The first kappa shape index (κ1) is 12.9. The van der Waals surface area contributed by atoms with Crippen LogP contribution in [0.3, 0.4) is 0 Å². The van der Waals surface area contributed by atoms with Crippen molar-refractivity contribution in [2.75, 3.05) is 5.32 Å². The first-order valence-corrected chi connectivity index (χ1v) is 7.55. The Labute approximate surface area is 126 Å². The Hall–Kier alpha value is -0.580. The topological polar surface area (TPSA) is 35.8 Å². The van der Waals surface area contributed by atoms with E-state index in [1.165, 1.54) is 19.8 Å². The van der Waals surface area contributed by atoms with Gasteiger partial charge in [0.05, 0.1) is 0 Å². The summed E-state index contributed by atoms with van der Waals surface area (Å²) < 4.78 is 2.28. The summed E-state index contributed by atoms with van der Waals surface area (Å²) in [6.07, 6.45) is 0. The van der Waals surface area contributed by atoms with Gasteiger partial charge in [-0.25, -0.2) is 0 Å². The highest BCUT2D eigenvalue weighted by Crippen LogP contribution is 2.23. The van der Waals surface area contributed by atoms with Crippen LogP contribution in [0.15, 0.2) is 34.8 Å². The van der Waals surface area contributed by atoms with E-state index in [0.717, 1.165) is 21.6 Å². The summed E-state index contributed by atoms with van der Waals surface area (Å²) in [4.78, 5) is 1.92. The normalized spacial score (nSPS) is 9.94. The van der Waals surface area contributed by atoms with Crippen LogP contribution in [0.2, 0.25) is 0 Å². The Bertz CT molecular complexity index is 574. The Morgan fingerprint density at radius 1 is 1.35 bits per heavy atom. The number of hydrogen-bond donors (Lipinski definition) is 1. The molecule has 0 radical (unpaired) electrons. The smallest absolute Gasteiger partial charge is 0.110 e. The third kappa shape index (κ3) is 3.44. The molecule has 0 unspecified atom stereocenters. The molecule has 0 spiro atoms. The second kappa shape index (κ2) is 5.85. The molecule has 0 fully saturated rings. The molecule has 0 aliphatic heterocycles. The minimum Gasteiger partial charge on any atom is -0.380 e. The molecule has 0 aliphatic rings. The second-order valence-corrected chi connectivity index (χ2v) is 6.55. The van der Waals surface area contributed by atoms with E-state index < -0.39 is 0 Å². The lowest BCUT2D eigenvalue weighted by atomic mass is 10.3. The van der Waals surface area contributed by atoms with Crippen molar-refractivity contribution < 1.29 is 0 Å². The van der Waals surface area contributed by atoms with Gasteiger partial charge in [-0.15, -0.1) is 11.3 Å². The molecule has 0 atom stereocenters. The number of thiophene rings is 1. The highest BCUT2D eigenvalue weighted by atomic mass is 127. The molecular formula is C12H8BrIN2S. The number of benzene rings is 1. The van der Waals surface area contributed by atoms with E-state index in [-0.39, 0.29) is 0 Å². The fourth-order valence-electron chi connectivity index (χ4n) is 1.33. The Kier molecular flexibility index (Phi) is 4.42. The van der Waals surface area contributed by atoms with Crippen LogP contribution in [-0.2, 0) is 6.54 Å². The molecule has 17 heavy (non-hydrogen) atoms. The van der Waals surface area contributed by atoms with Crippen molar-refractivity contribution in [1.29, 1.82) is 5.26 Å². The SMILES string of the molecule is N#Cc1ccc(CNc2ccc(Br)c(I)c2)s1. The van der Waals surface area contributed by atoms with Gasteiger partial charge in [0.15, 0.2) is 0 Å². The first-order valence-electron chi connectivity index (χ1n) is 4.87. The van der Waals surface area contributed by atoms with E-state index in [4.69, 9.17) is 5.26 Å². The lowest BCUT2D eigenvalue weighted by Gasteiger charge is -2.06. The van der Waals surface area contributed by atoms with Gasteiger partial charge in [-0.05, 0) is 68.9 Å². The zero-order chi connectivity index (χ0) is 12.3. The monoisotopic (exact) mass is 418 g/mol. The fourth-order valence-corrected chi connectivity index (χ4v) is 2.83. The van der Waals surface area contributed by atoms with Gasteiger partial charge in [0.1, 0.15) is 10.9 Å². The van der Waals surface area contributed by atoms with Gasteiger partial charge in [0.25, 0.3) is 0 Å². The number of hydrogen-bond acceptors (Lipinski definition) is 3. The summed E-state index contributed by atoms with van der Waals surface area (Å²) in [5.74, 6) is 0. The van der Waals surface area contributed by atoms with Crippen LogP contribution >= 0.6 is 49.9 Å². The number of nitrogens with one attached hydrogen (secondary N) is 1. The number of halogens is 2. The van der Waals surface area contributed by atoms with Gasteiger partial charge in [-0.2, -0.15) is 5.26 Å². The van der Waals surface area contributed by atoms with Crippen LogP contribution in [0.4, 0.5) is 5.69 Å². The minimum atomic E-state index is 0.754. The highest BCUT2D eigenvalue weighted by molar-refractivity contribution is 14.1. The van der Waals surface area contributed by atoms with Crippen molar-refractivity contribution in [3.05, 3.63) is 48.1 Å². The van der Waals surface area contributed by atoms with Crippen molar-refractivity contribution in [3.63, 3.8) is 0 Å². The molecule has 1 N–H and O–H groups in total. The van der Waals surface area contributed by atoms with Gasteiger partial charge >= 0.3 is 0 Å². The molecule has 1 aromatic heterocycles. The summed E-state index contributed by atoms with van der Waals surface area (Å²) in [6, 6.07) is 12.1. The molecule has 5 heteroatoms. The molecule has 86 valence electrons. The molecule has 0 bridgehead atoms. The highest BCUT2D eigenvalue weighted by Gasteiger charge is 2.01. The molecule has 2 nitrogen and oxygen atoms in total. The van der Waals surface area contributed by atoms with Crippen LogP contribution in [0.1, 0.15) is 9.75 Å². The molecule has 0 saturated heterocycles. The maximum Gasteiger partial charge on any atom is 0.110 e. The average molecular weight is 419 g/mol. The molecule has 2 aromatic rings. The van der Waals surface area contributed by atoms with Gasteiger partial charge in [-0.1, -0.05) is 0 Å². The van der Waals surface area contributed by atoms with E-state index >= 15 is 0 Å². The van der Waals surface area contributed by atoms with Crippen LogP contribution in [0.5, 0.6) is 0 Å². The van der Waals surface area contributed by atoms with Gasteiger partial charge in [0.2, 0.25) is 0 Å². The summed E-state index contributed by atoms with van der Waals surface area (Å²) in [7, 11) is 0. The fraction of sp³-hybridized carbons (Fsp3) is 0.0833. The van der Waals surface area contributed by atoms with Gasteiger partial charge < -0.3 is 5.32 Å². The van der Waals surface area contributed by atoms with Crippen molar-refractivity contribution in [2.45, 2.75) is 6.54 Å². The predicted molar refractivity (Wildman–Crippen MR) is 83.2 cm³/mol. The van der Waals surface area contributed by atoms with E-state index in [1.54, 1.807) is 0 Å². The van der Waals surface area contributed by atoms with Crippen molar-refractivity contribution >= 4 is 55.5 Å². The van der Waals surface area contributed by atoms with E-state index in [0.29, 0.717) is 0 Å². The van der Waals surface area contributed by atoms with E-state index in [1.807, 2.05) is 24.3 Å². The van der Waals surface area contributed by atoms with Crippen LogP contribution in [0, 0.1) is 14.9 Å². The molecule has 0 aliphatic carbocycles. The third-order valence-corrected chi connectivity index (χ3v) is 5.47. The summed E-state index contributed by atoms with van der Waals surface area (Å²) in [5, 5.41) is 12.1. The Morgan fingerprint density at radius 3 is 2.82 bits per heavy atom. The number of anilines is 1. The van der Waals surface area contributed by atoms with Crippen LogP contribution in [0.25, 0.3) is 0 Å². The summed E-state index contributed by atoms with van der Waals surface area (Å²) >= 11 is 7.28. The van der Waals surface area contributed by atoms with Crippen molar-refractivity contribution in [2.24, 2.45) is 0 Å². The molecule has 1 heterocycles. The van der Waals surface area contributed by atoms with Crippen molar-refractivity contribution in [3.8, 4) is 6.07 Å². The first-order chi connectivity index (χ1) is 8.19. The Morgan fingerprint density at radius 2 is 2.18 bits per heavy atom. The zero-order valence-electron chi connectivity index (χ0n) is 8.71. The van der Waals surface area contributed by atoms with E-state index in [2.05, 4.69) is 56.0 Å². The molecule has 0 saturated carbocycles. The maximum atomic E-state index is 8.74. The van der Waals surface area contributed by atoms with Crippen molar-refractivity contribution in [1.82, 2.24) is 0 Å². The number of rotatable bonds is 3. The molecule has 1 aromatic carbocycles. The Balaban J connectivity index is 2.02. The summed E-state index contributed by atoms with van der Waals surface area (Å²) in [5.41, 5.74) is 1.09.